The molecule has 2 heterocycles. The van der Waals surface area contributed by atoms with Gasteiger partial charge in [0, 0.05) is 32.1 Å². The highest BCUT2D eigenvalue weighted by molar-refractivity contribution is 5.96. The van der Waals surface area contributed by atoms with E-state index in [9.17, 15) is 27.6 Å². The minimum atomic E-state index is -5.09. The SMILES string of the molecule is CCN1C(=O)C2(CC1C)CN(C(=O)OC(C)(C)C)CCN2C(=O)C(F)(F)F. The molecule has 2 atom stereocenters. The van der Waals surface area contributed by atoms with Gasteiger partial charge in [0.2, 0.25) is 0 Å². The first-order valence-electron chi connectivity index (χ1n) is 8.90. The highest BCUT2D eigenvalue weighted by Gasteiger charge is 2.61. The molecule has 0 aromatic rings. The van der Waals surface area contributed by atoms with Crippen molar-refractivity contribution in [3.8, 4) is 0 Å². The van der Waals surface area contributed by atoms with Crippen LogP contribution in [0.5, 0.6) is 0 Å². The Balaban J connectivity index is 2.39. The predicted molar refractivity (Wildman–Crippen MR) is 89.8 cm³/mol. The average molecular weight is 393 g/mol. The van der Waals surface area contributed by atoms with Crippen LogP contribution in [0, 0.1) is 0 Å². The van der Waals surface area contributed by atoms with Crippen LogP contribution in [-0.2, 0) is 14.3 Å². The number of likely N-dealkylation sites (N-methyl/N-ethyl adjacent to an activating group) is 1. The van der Waals surface area contributed by atoms with Crippen LogP contribution in [0.1, 0.15) is 41.0 Å². The van der Waals surface area contributed by atoms with Crippen molar-refractivity contribution in [2.24, 2.45) is 0 Å². The lowest BCUT2D eigenvalue weighted by Gasteiger charge is -2.47. The highest BCUT2D eigenvalue weighted by Crippen LogP contribution is 2.39. The minimum Gasteiger partial charge on any atom is -0.444 e. The summed E-state index contributed by atoms with van der Waals surface area (Å²) in [6.45, 7) is 7.94. The van der Waals surface area contributed by atoms with E-state index < -0.39 is 35.2 Å². The third-order valence-electron chi connectivity index (χ3n) is 4.87. The summed E-state index contributed by atoms with van der Waals surface area (Å²) in [4.78, 5) is 40.7. The largest absolute Gasteiger partial charge is 0.471 e. The Kier molecular flexibility index (Phi) is 5.42. The summed E-state index contributed by atoms with van der Waals surface area (Å²) in [5.74, 6) is -2.62. The molecule has 2 rings (SSSR count). The van der Waals surface area contributed by atoms with Crippen LogP contribution >= 0.6 is 0 Å². The minimum absolute atomic E-state index is 0.0286. The van der Waals surface area contributed by atoms with Gasteiger partial charge >= 0.3 is 18.2 Å². The zero-order valence-electron chi connectivity index (χ0n) is 16.2. The van der Waals surface area contributed by atoms with Gasteiger partial charge in [0.1, 0.15) is 11.1 Å². The van der Waals surface area contributed by atoms with Gasteiger partial charge in [-0.2, -0.15) is 13.2 Å². The molecule has 2 unspecified atom stereocenters. The summed E-state index contributed by atoms with van der Waals surface area (Å²) in [5, 5.41) is 0. The molecule has 2 aliphatic heterocycles. The number of carbonyl (C=O) groups is 3. The number of piperazine rings is 1. The summed E-state index contributed by atoms with van der Waals surface area (Å²) in [6.07, 6.45) is -5.78. The predicted octanol–water partition coefficient (Wildman–Crippen LogP) is 2.01. The van der Waals surface area contributed by atoms with Crippen LogP contribution in [0.15, 0.2) is 0 Å². The molecule has 27 heavy (non-hydrogen) atoms. The van der Waals surface area contributed by atoms with E-state index in [0.717, 1.165) is 0 Å². The fraction of sp³-hybridized carbons (Fsp3) is 0.824. The number of ether oxygens (including phenoxy) is 1. The zero-order chi connectivity index (χ0) is 20.8. The molecular formula is C17H26F3N3O4. The number of nitrogens with zero attached hydrogens (tertiary/aromatic N) is 3. The summed E-state index contributed by atoms with van der Waals surface area (Å²) in [7, 11) is 0. The first-order valence-corrected chi connectivity index (χ1v) is 8.90. The third kappa shape index (κ3) is 3.98. The van der Waals surface area contributed by atoms with Gasteiger partial charge < -0.3 is 19.4 Å². The first-order chi connectivity index (χ1) is 12.2. The number of carbonyl (C=O) groups excluding carboxylic acids is 3. The number of rotatable bonds is 1. The topological polar surface area (TPSA) is 70.2 Å². The number of likely N-dealkylation sites (tertiary alicyclic amines) is 1. The maximum atomic E-state index is 13.1. The second kappa shape index (κ2) is 6.87. The van der Waals surface area contributed by atoms with Gasteiger partial charge in [-0.1, -0.05) is 0 Å². The van der Waals surface area contributed by atoms with E-state index in [2.05, 4.69) is 0 Å². The van der Waals surface area contributed by atoms with Gasteiger partial charge in [0.25, 0.3) is 5.91 Å². The molecule has 0 radical (unpaired) electrons. The van der Waals surface area contributed by atoms with Crippen molar-refractivity contribution in [2.45, 2.75) is 64.4 Å². The lowest BCUT2D eigenvalue weighted by atomic mass is 9.90. The number of hydrogen-bond acceptors (Lipinski definition) is 4. The Labute approximate surface area is 156 Å². The molecule has 0 aliphatic carbocycles. The van der Waals surface area contributed by atoms with Crippen molar-refractivity contribution in [1.82, 2.24) is 14.7 Å². The Morgan fingerprint density at radius 1 is 1.22 bits per heavy atom. The van der Waals surface area contributed by atoms with Gasteiger partial charge in [-0.25, -0.2) is 4.79 Å². The number of alkyl halides is 3. The van der Waals surface area contributed by atoms with Crippen molar-refractivity contribution in [1.29, 1.82) is 0 Å². The Morgan fingerprint density at radius 3 is 2.26 bits per heavy atom. The molecule has 10 heteroatoms. The Bertz CT molecular complexity index is 632. The Hall–Kier alpha value is -2.00. The summed E-state index contributed by atoms with van der Waals surface area (Å²) in [6, 6.07) is -0.343. The van der Waals surface area contributed by atoms with E-state index >= 15 is 0 Å². The lowest BCUT2D eigenvalue weighted by molar-refractivity contribution is -0.195. The van der Waals surface area contributed by atoms with E-state index in [-0.39, 0.29) is 32.1 Å². The molecule has 2 fully saturated rings. The normalized spacial score (nSPS) is 26.7. The molecule has 2 saturated heterocycles. The van der Waals surface area contributed by atoms with Crippen molar-refractivity contribution < 1.29 is 32.3 Å². The van der Waals surface area contributed by atoms with Crippen LogP contribution in [0.3, 0.4) is 0 Å². The first kappa shape index (κ1) is 21.3. The Morgan fingerprint density at radius 2 is 1.81 bits per heavy atom. The molecule has 0 saturated carbocycles. The van der Waals surface area contributed by atoms with Gasteiger partial charge in [-0.05, 0) is 34.6 Å². The fourth-order valence-corrected chi connectivity index (χ4v) is 3.81. The van der Waals surface area contributed by atoms with Gasteiger partial charge in [0.15, 0.2) is 0 Å². The summed E-state index contributed by atoms with van der Waals surface area (Å²) < 4.78 is 44.7. The average Bonchev–Trinajstić information content (AvgIpc) is 2.74. The number of amides is 3. The number of hydrogen-bond donors (Lipinski definition) is 0. The molecule has 154 valence electrons. The van der Waals surface area contributed by atoms with Gasteiger partial charge in [0.05, 0.1) is 6.54 Å². The molecule has 2 aliphatic rings. The molecule has 0 bridgehead atoms. The summed E-state index contributed by atoms with van der Waals surface area (Å²) in [5.41, 5.74) is -2.51. The van der Waals surface area contributed by atoms with Gasteiger partial charge in [-0.15, -0.1) is 0 Å². The van der Waals surface area contributed by atoms with E-state index in [1.54, 1.807) is 34.6 Å². The van der Waals surface area contributed by atoms with Crippen LogP contribution < -0.4 is 0 Å². The number of halogens is 3. The third-order valence-corrected chi connectivity index (χ3v) is 4.87. The van der Waals surface area contributed by atoms with Crippen molar-refractivity contribution >= 4 is 17.9 Å². The van der Waals surface area contributed by atoms with Crippen LogP contribution in [0.2, 0.25) is 0 Å². The fourth-order valence-electron chi connectivity index (χ4n) is 3.81. The summed E-state index contributed by atoms with van der Waals surface area (Å²) >= 11 is 0. The lowest BCUT2D eigenvalue weighted by Crippen LogP contribution is -2.69. The van der Waals surface area contributed by atoms with Crippen molar-refractivity contribution in [2.75, 3.05) is 26.2 Å². The molecule has 0 N–H and O–H groups in total. The second-order valence-corrected chi connectivity index (χ2v) is 8.03. The van der Waals surface area contributed by atoms with Crippen molar-refractivity contribution in [3.63, 3.8) is 0 Å². The van der Waals surface area contributed by atoms with E-state index in [1.165, 1.54) is 9.80 Å². The molecular weight excluding hydrogens is 367 g/mol. The second-order valence-electron chi connectivity index (χ2n) is 8.03. The molecule has 0 aromatic heterocycles. The van der Waals surface area contributed by atoms with Crippen molar-refractivity contribution in [3.05, 3.63) is 0 Å². The molecule has 1 spiro atoms. The van der Waals surface area contributed by atoms with E-state index in [4.69, 9.17) is 4.74 Å². The molecule has 7 nitrogen and oxygen atoms in total. The zero-order valence-corrected chi connectivity index (χ0v) is 16.2. The maximum Gasteiger partial charge on any atom is 0.471 e. The quantitative estimate of drug-likeness (QED) is 0.683. The van der Waals surface area contributed by atoms with E-state index in [0.29, 0.717) is 11.4 Å². The van der Waals surface area contributed by atoms with Gasteiger partial charge in [-0.3, -0.25) is 9.59 Å². The molecule has 0 aromatic carbocycles. The monoisotopic (exact) mass is 393 g/mol. The van der Waals surface area contributed by atoms with Crippen LogP contribution in [0.25, 0.3) is 0 Å². The molecule has 3 amide bonds. The van der Waals surface area contributed by atoms with E-state index in [1.807, 2.05) is 0 Å². The standard InChI is InChI=1S/C17H26F3N3O4/c1-6-22-11(2)9-16(12(22)24)10-21(14(26)27-15(3,4)5)7-8-23(16)13(25)17(18,19)20/h11H,6-10H2,1-5H3. The highest BCUT2D eigenvalue weighted by atomic mass is 19.4. The maximum absolute atomic E-state index is 13.1. The van der Waals surface area contributed by atoms with Crippen LogP contribution in [0.4, 0.5) is 18.0 Å². The smallest absolute Gasteiger partial charge is 0.444 e. The van der Waals surface area contributed by atoms with Crippen LogP contribution in [-0.4, -0.2) is 82.1 Å².